The van der Waals surface area contributed by atoms with Crippen LogP contribution in [0.25, 0.3) is 0 Å². The van der Waals surface area contributed by atoms with Crippen LogP contribution < -0.4 is 10.6 Å². The zero-order valence-electron chi connectivity index (χ0n) is 15.0. The number of ether oxygens (including phenoxy) is 1. The lowest BCUT2D eigenvalue weighted by Crippen LogP contribution is -2.52. The summed E-state index contributed by atoms with van der Waals surface area (Å²) in [6, 6.07) is 9.03. The van der Waals surface area contributed by atoms with Crippen LogP contribution >= 0.6 is 0 Å². The maximum absolute atomic E-state index is 12.6. The minimum absolute atomic E-state index is 0.137. The number of nitrogens with one attached hydrogen (secondary N) is 2. The second-order valence-corrected chi connectivity index (χ2v) is 6.33. The summed E-state index contributed by atoms with van der Waals surface area (Å²) in [5, 5.41) is 24.0. The lowest BCUT2D eigenvalue weighted by molar-refractivity contribution is -0.137. The van der Waals surface area contributed by atoms with Gasteiger partial charge in [-0.2, -0.15) is 23.7 Å². The quantitative estimate of drug-likeness (QED) is 0.700. The third kappa shape index (κ3) is 6.19. The predicted molar refractivity (Wildman–Crippen MR) is 92.0 cm³/mol. The molecule has 0 aliphatic carbocycles. The van der Waals surface area contributed by atoms with E-state index in [-0.39, 0.29) is 6.10 Å². The van der Waals surface area contributed by atoms with Crippen molar-refractivity contribution in [3.05, 3.63) is 35.4 Å². The molecule has 0 aromatic heterocycles. The second-order valence-electron chi connectivity index (χ2n) is 6.33. The standard InChI is InChI=1S/C18H22F3N5O/c1-24-17(14(8-22)9-23)25-10-16-12-26(6-7-27-16)11-13-2-4-15(5-3-13)18(19,20)21/h2-5,14,16-17,24-25H,6-7,10-12H2,1H3. The van der Waals surface area contributed by atoms with E-state index in [1.165, 1.54) is 12.1 Å². The predicted octanol–water partition coefficient (Wildman–Crippen LogP) is 1.70. The molecule has 1 aromatic rings. The molecule has 0 saturated carbocycles. The number of hydrogen-bond donors (Lipinski definition) is 2. The van der Waals surface area contributed by atoms with Crippen molar-refractivity contribution in [3.8, 4) is 12.1 Å². The fourth-order valence-corrected chi connectivity index (χ4v) is 2.93. The second kappa shape index (κ2) is 9.67. The molecule has 2 rings (SSSR count). The van der Waals surface area contributed by atoms with Crippen LogP contribution in [0, 0.1) is 28.6 Å². The van der Waals surface area contributed by atoms with E-state index in [0.29, 0.717) is 32.8 Å². The Morgan fingerprint density at radius 3 is 2.48 bits per heavy atom. The molecule has 1 aliphatic rings. The van der Waals surface area contributed by atoms with E-state index in [1.54, 1.807) is 7.05 Å². The van der Waals surface area contributed by atoms with Crippen LogP contribution in [-0.4, -0.2) is 50.5 Å². The molecule has 1 fully saturated rings. The van der Waals surface area contributed by atoms with Gasteiger partial charge in [0.15, 0.2) is 5.92 Å². The first-order chi connectivity index (χ1) is 12.9. The summed E-state index contributed by atoms with van der Waals surface area (Å²) in [5.41, 5.74) is 0.150. The SMILES string of the molecule is CNC(NCC1CN(Cc2ccc(C(F)(F)F)cc2)CCO1)C(C#N)C#N. The summed E-state index contributed by atoms with van der Waals surface area (Å²) in [7, 11) is 1.66. The fraction of sp³-hybridized carbons (Fsp3) is 0.556. The average Bonchev–Trinajstić information content (AvgIpc) is 2.65. The summed E-state index contributed by atoms with van der Waals surface area (Å²) in [6.07, 6.45) is -4.93. The maximum Gasteiger partial charge on any atom is 0.416 e. The number of nitrogens with zero attached hydrogens (tertiary/aromatic N) is 3. The molecule has 2 N–H and O–H groups in total. The third-order valence-corrected chi connectivity index (χ3v) is 4.40. The maximum atomic E-state index is 12.6. The van der Waals surface area contributed by atoms with Crippen molar-refractivity contribution < 1.29 is 17.9 Å². The molecule has 9 heteroatoms. The third-order valence-electron chi connectivity index (χ3n) is 4.40. The van der Waals surface area contributed by atoms with E-state index >= 15 is 0 Å². The molecule has 1 aromatic carbocycles. The first-order valence-corrected chi connectivity index (χ1v) is 8.57. The number of benzene rings is 1. The molecule has 27 heavy (non-hydrogen) atoms. The van der Waals surface area contributed by atoms with Crippen molar-refractivity contribution in [2.24, 2.45) is 5.92 Å². The Bertz CT molecular complexity index is 666. The number of morpholine rings is 1. The van der Waals surface area contributed by atoms with Gasteiger partial charge >= 0.3 is 6.18 Å². The molecule has 0 radical (unpaired) electrons. The highest BCUT2D eigenvalue weighted by atomic mass is 19.4. The van der Waals surface area contributed by atoms with Crippen molar-refractivity contribution in [3.63, 3.8) is 0 Å². The molecular formula is C18H22F3N5O. The van der Waals surface area contributed by atoms with E-state index in [2.05, 4.69) is 15.5 Å². The van der Waals surface area contributed by atoms with Crippen molar-refractivity contribution >= 4 is 0 Å². The van der Waals surface area contributed by atoms with E-state index in [0.717, 1.165) is 17.7 Å². The van der Waals surface area contributed by atoms with Gasteiger partial charge in [0.1, 0.15) is 0 Å². The van der Waals surface area contributed by atoms with Crippen LogP contribution in [0.15, 0.2) is 24.3 Å². The molecule has 1 heterocycles. The lowest BCUT2D eigenvalue weighted by Gasteiger charge is -2.34. The molecule has 0 bridgehead atoms. The molecule has 2 atom stereocenters. The Morgan fingerprint density at radius 2 is 1.93 bits per heavy atom. The van der Waals surface area contributed by atoms with Gasteiger partial charge in [-0.25, -0.2) is 0 Å². The van der Waals surface area contributed by atoms with Gasteiger partial charge in [0.2, 0.25) is 0 Å². The van der Waals surface area contributed by atoms with E-state index in [4.69, 9.17) is 15.3 Å². The van der Waals surface area contributed by atoms with Crippen molar-refractivity contribution in [1.82, 2.24) is 15.5 Å². The number of halogens is 3. The molecule has 1 saturated heterocycles. The Balaban J connectivity index is 1.87. The zero-order valence-corrected chi connectivity index (χ0v) is 15.0. The Morgan fingerprint density at radius 1 is 1.26 bits per heavy atom. The summed E-state index contributed by atoms with van der Waals surface area (Å²) in [5.74, 6) is -0.818. The van der Waals surface area contributed by atoms with Gasteiger partial charge in [0, 0.05) is 26.2 Å². The fourth-order valence-electron chi connectivity index (χ4n) is 2.93. The van der Waals surface area contributed by atoms with Gasteiger partial charge in [-0.05, 0) is 24.7 Å². The van der Waals surface area contributed by atoms with Crippen LogP contribution in [0.2, 0.25) is 0 Å². The smallest absolute Gasteiger partial charge is 0.374 e. The van der Waals surface area contributed by atoms with Crippen LogP contribution in [0.3, 0.4) is 0 Å². The lowest BCUT2D eigenvalue weighted by atomic mass is 10.1. The molecular weight excluding hydrogens is 359 g/mol. The Kier molecular flexibility index (Phi) is 7.57. The van der Waals surface area contributed by atoms with E-state index < -0.39 is 23.8 Å². The van der Waals surface area contributed by atoms with Crippen LogP contribution in [0.4, 0.5) is 13.2 Å². The minimum Gasteiger partial charge on any atom is -0.374 e. The van der Waals surface area contributed by atoms with Crippen molar-refractivity contribution in [2.45, 2.75) is 25.0 Å². The van der Waals surface area contributed by atoms with Gasteiger partial charge < -0.3 is 10.1 Å². The van der Waals surface area contributed by atoms with E-state index in [1.807, 2.05) is 12.1 Å². The number of nitriles is 2. The van der Waals surface area contributed by atoms with Crippen molar-refractivity contribution in [1.29, 1.82) is 10.5 Å². The highest BCUT2D eigenvalue weighted by Crippen LogP contribution is 2.29. The average molecular weight is 381 g/mol. The number of hydrogen-bond acceptors (Lipinski definition) is 6. The van der Waals surface area contributed by atoms with Crippen LogP contribution in [0.5, 0.6) is 0 Å². The monoisotopic (exact) mass is 381 g/mol. The summed E-state index contributed by atoms with van der Waals surface area (Å²) < 4.78 is 43.6. The largest absolute Gasteiger partial charge is 0.416 e. The zero-order chi connectivity index (χ0) is 19.9. The van der Waals surface area contributed by atoms with Crippen molar-refractivity contribution in [2.75, 3.05) is 33.3 Å². The summed E-state index contributed by atoms with van der Waals surface area (Å²) >= 11 is 0. The molecule has 0 spiro atoms. The highest BCUT2D eigenvalue weighted by Gasteiger charge is 2.30. The summed E-state index contributed by atoms with van der Waals surface area (Å²) in [6.45, 7) is 2.79. The Hall–Kier alpha value is -2.17. The van der Waals surface area contributed by atoms with Gasteiger partial charge in [-0.1, -0.05) is 12.1 Å². The number of rotatable bonds is 7. The Labute approximate surface area is 156 Å². The van der Waals surface area contributed by atoms with Crippen LogP contribution in [0.1, 0.15) is 11.1 Å². The van der Waals surface area contributed by atoms with Gasteiger partial charge in [-0.3, -0.25) is 10.2 Å². The highest BCUT2D eigenvalue weighted by molar-refractivity contribution is 5.24. The molecule has 1 aliphatic heterocycles. The van der Waals surface area contributed by atoms with Gasteiger partial charge in [-0.15, -0.1) is 0 Å². The minimum atomic E-state index is -4.33. The van der Waals surface area contributed by atoms with Gasteiger partial charge in [0.05, 0.1) is 36.6 Å². The van der Waals surface area contributed by atoms with E-state index in [9.17, 15) is 13.2 Å². The molecule has 2 unspecified atom stereocenters. The first kappa shape index (κ1) is 21.1. The first-order valence-electron chi connectivity index (χ1n) is 8.57. The molecule has 146 valence electrons. The van der Waals surface area contributed by atoms with Crippen LogP contribution in [-0.2, 0) is 17.5 Å². The van der Waals surface area contributed by atoms with Gasteiger partial charge in [0.25, 0.3) is 0 Å². The number of alkyl halides is 3. The molecule has 6 nitrogen and oxygen atoms in total. The summed E-state index contributed by atoms with van der Waals surface area (Å²) in [4.78, 5) is 2.11. The molecule has 0 amide bonds. The topological polar surface area (TPSA) is 84.1 Å². The normalized spacial score (nSPS) is 19.4.